The minimum Gasteiger partial charge on any atom is -0.508 e. The predicted molar refractivity (Wildman–Crippen MR) is 152 cm³/mol. The van der Waals surface area contributed by atoms with Crippen LogP contribution in [0.2, 0.25) is 0 Å². The fraction of sp³-hybridized carbons (Fsp3) is 0.484. The van der Waals surface area contributed by atoms with E-state index in [0.29, 0.717) is 17.5 Å². The van der Waals surface area contributed by atoms with Crippen LogP contribution in [-0.2, 0) is 36.9 Å². The van der Waals surface area contributed by atoms with Gasteiger partial charge in [-0.2, -0.15) is 0 Å². The molecule has 3 amide bonds. The van der Waals surface area contributed by atoms with E-state index in [1.165, 1.54) is 26.1 Å². The summed E-state index contributed by atoms with van der Waals surface area (Å²) >= 11 is 0. The van der Waals surface area contributed by atoms with E-state index in [9.17, 15) is 29.4 Å². The summed E-state index contributed by atoms with van der Waals surface area (Å²) in [6, 6.07) is 11.7. The number of rotatable bonds is 10. The number of aliphatic hydroxyl groups excluding tert-OH is 1. The van der Waals surface area contributed by atoms with Gasteiger partial charge in [-0.25, -0.2) is 4.79 Å². The molecule has 2 aromatic rings. The third kappa shape index (κ3) is 8.61. The third-order valence-electron chi connectivity index (χ3n) is 7.48. The number of hydrogen-bond donors (Lipinski definition) is 3. The number of likely N-dealkylation sites (N-methyl/N-ethyl adjacent to an activating group) is 1. The molecule has 0 saturated carbocycles. The number of phenolic OH excluding ortho intramolecular Hbond substituents is 1. The van der Waals surface area contributed by atoms with E-state index in [2.05, 4.69) is 5.32 Å². The van der Waals surface area contributed by atoms with Crippen LogP contribution in [0.4, 0.5) is 0 Å². The lowest BCUT2D eigenvalue weighted by Crippen LogP contribution is -2.62. The molecule has 1 heterocycles. The molecule has 3 N–H and O–H groups in total. The van der Waals surface area contributed by atoms with Crippen molar-refractivity contribution in [1.29, 1.82) is 0 Å². The number of carbonyl (C=O) groups excluding carboxylic acids is 4. The second kappa shape index (κ2) is 14.7. The van der Waals surface area contributed by atoms with Gasteiger partial charge in [0.1, 0.15) is 23.9 Å². The maximum absolute atomic E-state index is 14.3. The normalized spacial score (nSPS) is 22.0. The summed E-state index contributed by atoms with van der Waals surface area (Å²) in [7, 11) is 1.42. The van der Waals surface area contributed by atoms with Gasteiger partial charge in [-0.05, 0) is 42.5 Å². The summed E-state index contributed by atoms with van der Waals surface area (Å²) < 4.78 is 0. The van der Waals surface area contributed by atoms with E-state index >= 15 is 0 Å². The molecule has 0 radical (unpaired) electrons. The summed E-state index contributed by atoms with van der Waals surface area (Å²) in [5, 5.41) is 24.3. The molecule has 5 atom stereocenters. The topological polar surface area (TPSA) is 136 Å². The van der Waals surface area contributed by atoms with Crippen LogP contribution in [0, 0.1) is 5.92 Å². The summed E-state index contributed by atoms with van der Waals surface area (Å²) in [4.78, 5) is 61.0. The Hall–Kier alpha value is -3.76. The number of aliphatic hydroxyl groups is 1. The Kier molecular flexibility index (Phi) is 11.4. The van der Waals surface area contributed by atoms with Crippen molar-refractivity contribution < 1.29 is 34.2 Å². The number of unbranched alkanes of at least 4 members (excludes halogenated alkanes) is 1. The van der Waals surface area contributed by atoms with Crippen LogP contribution in [0.5, 0.6) is 5.75 Å². The van der Waals surface area contributed by atoms with Crippen molar-refractivity contribution in [1.82, 2.24) is 15.3 Å². The molecule has 222 valence electrons. The molecular weight excluding hydrogens is 526 g/mol. The molecule has 0 spiro atoms. The van der Waals surface area contributed by atoms with Gasteiger partial charge < -0.3 is 20.4 Å². The first-order chi connectivity index (χ1) is 19.5. The molecule has 41 heavy (non-hydrogen) atoms. The van der Waals surface area contributed by atoms with Crippen molar-refractivity contribution >= 4 is 23.7 Å². The lowest BCUT2D eigenvalue weighted by Gasteiger charge is -2.37. The van der Waals surface area contributed by atoms with Crippen LogP contribution < -0.4 is 5.32 Å². The maximum Gasteiger partial charge on any atom is 0.347 e. The molecule has 2 aromatic carbocycles. The highest BCUT2D eigenvalue weighted by Crippen LogP contribution is 2.23. The number of amides is 3. The first-order valence-corrected chi connectivity index (χ1v) is 14.1. The van der Waals surface area contributed by atoms with Gasteiger partial charge in [0, 0.05) is 19.9 Å². The van der Waals surface area contributed by atoms with Crippen molar-refractivity contribution in [2.45, 2.75) is 83.5 Å². The Labute approximate surface area is 241 Å². The highest BCUT2D eigenvalue weighted by Gasteiger charge is 2.43. The van der Waals surface area contributed by atoms with Gasteiger partial charge >= 0.3 is 5.97 Å². The van der Waals surface area contributed by atoms with Crippen molar-refractivity contribution in [2.75, 3.05) is 7.05 Å². The minimum atomic E-state index is -1.28. The molecule has 0 bridgehead atoms. The number of nitrogens with zero attached hydrogens (tertiary/aromatic N) is 2. The van der Waals surface area contributed by atoms with Crippen LogP contribution in [0.25, 0.3) is 0 Å². The summed E-state index contributed by atoms with van der Waals surface area (Å²) in [6.07, 6.45) is 1.22. The molecule has 1 saturated heterocycles. The second-order valence-electron chi connectivity index (χ2n) is 10.8. The molecular formula is C31H41N3O7. The van der Waals surface area contributed by atoms with Gasteiger partial charge in [0.15, 0.2) is 0 Å². The van der Waals surface area contributed by atoms with Crippen LogP contribution in [-0.4, -0.2) is 75.1 Å². The average Bonchev–Trinajstić information content (AvgIpc) is 2.94. The monoisotopic (exact) mass is 567 g/mol. The zero-order chi connectivity index (χ0) is 30.1. The number of aromatic hydroxyl groups is 1. The van der Waals surface area contributed by atoms with E-state index in [-0.39, 0.29) is 30.9 Å². The highest BCUT2D eigenvalue weighted by atomic mass is 16.7. The average molecular weight is 568 g/mol. The SMILES string of the molecule is CCCC[C@H](C)[C@@H](O)CC(=O)N1C(=O)[C@@H](Cc2ccc(O)cc2)N(C)OC(=O)[C@@H](C)NC(=O)[C@H]1Cc1ccccc1. The fourth-order valence-electron chi connectivity index (χ4n) is 4.83. The predicted octanol–water partition coefficient (Wildman–Crippen LogP) is 2.76. The van der Waals surface area contributed by atoms with Gasteiger partial charge in [0.2, 0.25) is 11.8 Å². The van der Waals surface area contributed by atoms with Crippen molar-refractivity contribution in [3.05, 3.63) is 65.7 Å². The summed E-state index contributed by atoms with van der Waals surface area (Å²) in [5.41, 5.74) is 1.35. The number of hydroxylamine groups is 2. The van der Waals surface area contributed by atoms with Crippen LogP contribution in [0.1, 0.15) is 57.6 Å². The Morgan fingerprint density at radius 3 is 2.24 bits per heavy atom. The Balaban J connectivity index is 2.07. The molecule has 0 aliphatic carbocycles. The fourth-order valence-corrected chi connectivity index (χ4v) is 4.83. The molecule has 10 nitrogen and oxygen atoms in total. The second-order valence-corrected chi connectivity index (χ2v) is 10.8. The molecule has 1 aliphatic rings. The molecule has 1 fully saturated rings. The first-order valence-electron chi connectivity index (χ1n) is 14.1. The molecule has 3 rings (SSSR count). The molecule has 0 unspecified atom stereocenters. The van der Waals surface area contributed by atoms with E-state index < -0.39 is 47.9 Å². The van der Waals surface area contributed by atoms with Gasteiger partial charge in [-0.3, -0.25) is 19.3 Å². The molecule has 1 aliphatic heterocycles. The summed E-state index contributed by atoms with van der Waals surface area (Å²) in [6.45, 7) is 5.37. The zero-order valence-corrected chi connectivity index (χ0v) is 24.2. The third-order valence-corrected chi connectivity index (χ3v) is 7.48. The quantitative estimate of drug-likeness (QED) is 0.399. The lowest BCUT2D eigenvalue weighted by molar-refractivity contribution is -0.201. The minimum absolute atomic E-state index is 0.0169. The van der Waals surface area contributed by atoms with Gasteiger partial charge in [0.25, 0.3) is 5.91 Å². The number of carbonyl (C=O) groups is 4. The Morgan fingerprint density at radius 1 is 1.00 bits per heavy atom. The van der Waals surface area contributed by atoms with Crippen LogP contribution >= 0.6 is 0 Å². The summed E-state index contributed by atoms with van der Waals surface area (Å²) in [5.74, 6) is -3.01. The first kappa shape index (κ1) is 31.8. The van der Waals surface area contributed by atoms with E-state index in [1.54, 1.807) is 36.4 Å². The number of phenols is 1. The number of benzene rings is 2. The van der Waals surface area contributed by atoms with E-state index in [0.717, 1.165) is 22.8 Å². The maximum atomic E-state index is 14.3. The zero-order valence-electron chi connectivity index (χ0n) is 24.2. The van der Waals surface area contributed by atoms with Crippen molar-refractivity contribution in [2.24, 2.45) is 5.92 Å². The standard InChI is InChI=1S/C31H41N3O7/c1-5-6-10-20(2)27(36)19-28(37)34-25(17-22-11-8-7-9-12-22)29(38)32-21(3)31(40)41-33(4)26(30(34)39)18-23-13-15-24(35)16-14-23/h7-9,11-16,20-21,25-27,35-36H,5-6,10,17-19H2,1-4H3,(H,32,38)/t20-,21+,25+,26+,27-/m0/s1. The number of nitrogens with one attached hydrogen (secondary N) is 1. The van der Waals surface area contributed by atoms with E-state index in [1.807, 2.05) is 19.9 Å². The largest absolute Gasteiger partial charge is 0.508 e. The molecule has 0 aromatic heterocycles. The van der Waals surface area contributed by atoms with Crippen LogP contribution in [0.3, 0.4) is 0 Å². The highest BCUT2D eigenvalue weighted by molar-refractivity contribution is 6.03. The lowest BCUT2D eigenvalue weighted by atomic mass is 9.94. The Morgan fingerprint density at radius 2 is 1.61 bits per heavy atom. The van der Waals surface area contributed by atoms with Gasteiger partial charge in [-0.1, -0.05) is 69.2 Å². The van der Waals surface area contributed by atoms with Crippen molar-refractivity contribution in [3.63, 3.8) is 0 Å². The Bertz CT molecular complexity index is 1190. The van der Waals surface area contributed by atoms with Crippen molar-refractivity contribution in [3.8, 4) is 5.75 Å². The molecule has 10 heteroatoms. The number of hydrogen-bond acceptors (Lipinski definition) is 8. The number of imide groups is 1. The van der Waals surface area contributed by atoms with Gasteiger partial charge in [-0.15, -0.1) is 5.06 Å². The van der Waals surface area contributed by atoms with E-state index in [4.69, 9.17) is 4.84 Å². The van der Waals surface area contributed by atoms with Gasteiger partial charge in [0.05, 0.1) is 12.5 Å². The smallest absolute Gasteiger partial charge is 0.347 e. The van der Waals surface area contributed by atoms with Crippen LogP contribution in [0.15, 0.2) is 54.6 Å².